The van der Waals surface area contributed by atoms with Crippen LogP contribution >= 0.6 is 22.6 Å². The molecule has 0 aliphatic rings. The molecule has 1 amide bonds. The maximum absolute atomic E-state index is 12.3. The topological polar surface area (TPSA) is 40.6 Å². The molecule has 1 rings (SSSR count). The van der Waals surface area contributed by atoms with Crippen molar-refractivity contribution in [1.82, 2.24) is 4.90 Å². The highest BCUT2D eigenvalue weighted by atomic mass is 127. The van der Waals surface area contributed by atoms with Crippen LogP contribution in [0.15, 0.2) is 34.0 Å². The fourth-order valence-corrected chi connectivity index (χ4v) is 2.69. The second kappa shape index (κ2) is 7.42. The minimum Gasteiger partial charge on any atom is -0.383 e. The van der Waals surface area contributed by atoms with Crippen molar-refractivity contribution in [3.8, 4) is 0 Å². The van der Waals surface area contributed by atoms with Gasteiger partial charge in [-0.25, -0.2) is 0 Å². The molecule has 0 aliphatic heterocycles. The van der Waals surface area contributed by atoms with Gasteiger partial charge >= 0.3 is 0 Å². The first-order valence-electron chi connectivity index (χ1n) is 6.33. The van der Waals surface area contributed by atoms with Gasteiger partial charge in [0, 0.05) is 45.0 Å². The summed E-state index contributed by atoms with van der Waals surface area (Å²) in [5.41, 5.74) is 1.34. The van der Waals surface area contributed by atoms with Crippen LogP contribution in [0.1, 0.15) is 24.2 Å². The summed E-state index contributed by atoms with van der Waals surface area (Å²) in [7, 11) is 3.74. The molecule has 0 atom stereocenters. The zero-order chi connectivity index (χ0) is 15.3. The largest absolute Gasteiger partial charge is 0.383 e. The molecular formula is C15H19IN2O2. The van der Waals surface area contributed by atoms with E-state index in [0.717, 1.165) is 5.69 Å². The lowest BCUT2D eigenvalue weighted by atomic mass is 10.1. The Balaban J connectivity index is 3.10. The third-order valence-corrected chi connectivity index (χ3v) is 3.47. The molecule has 20 heavy (non-hydrogen) atoms. The normalized spacial score (nSPS) is 11.2. The Hall–Kier alpha value is -1.37. The highest BCUT2D eigenvalue weighted by Crippen LogP contribution is 2.21. The molecule has 4 nitrogen and oxygen atoms in total. The first kappa shape index (κ1) is 16.7. The van der Waals surface area contributed by atoms with Crippen molar-refractivity contribution >= 4 is 40.0 Å². The number of hydrogen-bond donors (Lipinski definition) is 0. The molecular weight excluding hydrogens is 367 g/mol. The Kier molecular flexibility index (Phi) is 6.19. The minimum absolute atomic E-state index is 0.0318. The average Bonchev–Trinajstić information content (AvgIpc) is 2.37. The molecule has 0 bridgehead atoms. The fraction of sp³-hybridized carbons (Fsp3) is 0.333. The monoisotopic (exact) mass is 386 g/mol. The van der Waals surface area contributed by atoms with Gasteiger partial charge in [0.25, 0.3) is 0 Å². The van der Waals surface area contributed by atoms with E-state index in [1.807, 2.05) is 54.6 Å². The smallest absolute Gasteiger partial charge is 0.223 e. The number of carbonyl (C=O) groups excluding carboxylic acids is 2. The van der Waals surface area contributed by atoms with Crippen molar-refractivity contribution in [1.29, 1.82) is 0 Å². The Morgan fingerprint density at radius 3 is 2.45 bits per heavy atom. The lowest BCUT2D eigenvalue weighted by Gasteiger charge is -2.19. The number of Topliss-reactive ketones (excluding diaryl/α,β-unsaturated/α-hetero) is 1. The molecule has 0 fully saturated rings. The number of halogens is 1. The van der Waals surface area contributed by atoms with Gasteiger partial charge in [0.15, 0.2) is 0 Å². The van der Waals surface area contributed by atoms with Gasteiger partial charge in [-0.05, 0) is 41.6 Å². The lowest BCUT2D eigenvalue weighted by molar-refractivity contribution is -0.116. The number of ketones is 1. The molecule has 0 spiro atoms. The van der Waals surface area contributed by atoms with E-state index in [1.165, 1.54) is 6.92 Å². The molecule has 0 heterocycles. The Labute approximate surface area is 133 Å². The zero-order valence-corrected chi connectivity index (χ0v) is 14.3. The first-order chi connectivity index (χ1) is 9.36. The number of amides is 1. The van der Waals surface area contributed by atoms with E-state index in [0.29, 0.717) is 15.7 Å². The van der Waals surface area contributed by atoms with Crippen LogP contribution in [-0.2, 0) is 4.79 Å². The second-order valence-electron chi connectivity index (χ2n) is 4.58. The quantitative estimate of drug-likeness (QED) is 0.444. The van der Waals surface area contributed by atoms with Crippen molar-refractivity contribution in [2.75, 3.05) is 25.5 Å². The first-order valence-corrected chi connectivity index (χ1v) is 7.41. The Morgan fingerprint density at radius 2 is 1.95 bits per heavy atom. The number of rotatable bonds is 5. The van der Waals surface area contributed by atoms with E-state index in [4.69, 9.17) is 0 Å². The predicted molar refractivity (Wildman–Crippen MR) is 90.3 cm³/mol. The van der Waals surface area contributed by atoms with Gasteiger partial charge in [0.1, 0.15) is 0 Å². The second-order valence-corrected chi connectivity index (χ2v) is 5.75. The predicted octanol–water partition coefficient (Wildman–Crippen LogP) is 3.08. The van der Waals surface area contributed by atoms with E-state index >= 15 is 0 Å². The Bertz CT molecular complexity index is 538. The molecule has 0 radical (unpaired) electrons. The molecule has 1 aromatic carbocycles. The van der Waals surface area contributed by atoms with Gasteiger partial charge in [-0.1, -0.05) is 12.1 Å². The molecule has 0 aromatic heterocycles. The van der Waals surface area contributed by atoms with Crippen molar-refractivity contribution in [3.63, 3.8) is 0 Å². The third-order valence-electron chi connectivity index (χ3n) is 2.70. The molecule has 0 aliphatic carbocycles. The highest BCUT2D eigenvalue weighted by Gasteiger charge is 2.14. The molecule has 0 unspecified atom stereocenters. The van der Waals surface area contributed by atoms with Crippen LogP contribution in [0, 0.1) is 0 Å². The van der Waals surface area contributed by atoms with Crippen LogP contribution in [0.2, 0.25) is 0 Å². The maximum Gasteiger partial charge on any atom is 0.223 e. The van der Waals surface area contributed by atoms with Crippen molar-refractivity contribution < 1.29 is 9.59 Å². The number of carbonyl (C=O) groups is 2. The van der Waals surface area contributed by atoms with Gasteiger partial charge in [-0.15, -0.1) is 0 Å². The van der Waals surface area contributed by atoms with Gasteiger partial charge in [-0.3, -0.25) is 9.59 Å². The van der Waals surface area contributed by atoms with E-state index < -0.39 is 0 Å². The van der Waals surface area contributed by atoms with Crippen LogP contribution in [0.4, 0.5) is 5.69 Å². The standard InChI is InChI=1S/C15H19IN2O2/c1-5-18(11(2)19)13-8-6-7-12(9-13)15(20)14(16)10-17(3)4/h6-10H,5H2,1-4H3. The number of nitrogens with zero attached hydrogens (tertiary/aromatic N) is 2. The number of hydrogen-bond acceptors (Lipinski definition) is 3. The highest BCUT2D eigenvalue weighted by molar-refractivity contribution is 14.1. The van der Waals surface area contributed by atoms with Gasteiger partial charge < -0.3 is 9.80 Å². The average molecular weight is 386 g/mol. The van der Waals surface area contributed by atoms with E-state index in [2.05, 4.69) is 0 Å². The van der Waals surface area contributed by atoms with Gasteiger partial charge in [-0.2, -0.15) is 0 Å². The number of benzene rings is 1. The van der Waals surface area contributed by atoms with E-state index in [1.54, 1.807) is 29.3 Å². The molecule has 0 saturated heterocycles. The van der Waals surface area contributed by atoms with Gasteiger partial charge in [0.2, 0.25) is 11.7 Å². The maximum atomic E-state index is 12.3. The van der Waals surface area contributed by atoms with Crippen LogP contribution in [-0.4, -0.2) is 37.2 Å². The van der Waals surface area contributed by atoms with Crippen LogP contribution in [0.3, 0.4) is 0 Å². The van der Waals surface area contributed by atoms with Crippen molar-refractivity contribution in [2.45, 2.75) is 13.8 Å². The summed E-state index contributed by atoms with van der Waals surface area (Å²) < 4.78 is 0.635. The SMILES string of the molecule is CCN(C(C)=O)c1cccc(C(=O)C(I)=CN(C)C)c1. The molecule has 108 valence electrons. The molecule has 0 N–H and O–H groups in total. The van der Waals surface area contributed by atoms with E-state index in [9.17, 15) is 9.59 Å². The van der Waals surface area contributed by atoms with Crippen molar-refractivity contribution in [2.24, 2.45) is 0 Å². The summed E-state index contributed by atoms with van der Waals surface area (Å²) in [6.07, 6.45) is 1.78. The molecule has 0 saturated carbocycles. The molecule has 1 aromatic rings. The summed E-state index contributed by atoms with van der Waals surface area (Å²) in [6, 6.07) is 7.16. The number of anilines is 1. The summed E-state index contributed by atoms with van der Waals surface area (Å²) in [5.74, 6) is -0.0728. The summed E-state index contributed by atoms with van der Waals surface area (Å²) >= 11 is 2.03. The summed E-state index contributed by atoms with van der Waals surface area (Å²) in [4.78, 5) is 27.3. The van der Waals surface area contributed by atoms with Crippen molar-refractivity contribution in [3.05, 3.63) is 39.6 Å². The summed E-state index contributed by atoms with van der Waals surface area (Å²) in [5, 5.41) is 0. The van der Waals surface area contributed by atoms with Crippen LogP contribution < -0.4 is 4.90 Å². The van der Waals surface area contributed by atoms with Gasteiger partial charge in [0.05, 0.1) is 3.58 Å². The lowest BCUT2D eigenvalue weighted by Crippen LogP contribution is -2.28. The third kappa shape index (κ3) is 4.33. The van der Waals surface area contributed by atoms with Crippen LogP contribution in [0.25, 0.3) is 0 Å². The molecule has 5 heteroatoms. The minimum atomic E-state index is -0.0410. The van der Waals surface area contributed by atoms with E-state index in [-0.39, 0.29) is 11.7 Å². The Morgan fingerprint density at radius 1 is 1.30 bits per heavy atom. The summed E-state index contributed by atoms with van der Waals surface area (Å²) in [6.45, 7) is 4.01. The van der Waals surface area contributed by atoms with Crippen LogP contribution in [0.5, 0.6) is 0 Å². The zero-order valence-electron chi connectivity index (χ0n) is 12.2. The number of allylic oxidation sites excluding steroid dienone is 1. The fourth-order valence-electron chi connectivity index (χ4n) is 1.83.